The van der Waals surface area contributed by atoms with Crippen LogP contribution in [0.15, 0.2) is 35.7 Å². The number of aryl methyl sites for hydroxylation is 2. The number of aromatic nitrogens is 3. The van der Waals surface area contributed by atoms with Gasteiger partial charge in [0.05, 0.1) is 12.3 Å². The average molecular weight is 399 g/mol. The van der Waals surface area contributed by atoms with Gasteiger partial charge in [0.1, 0.15) is 16.5 Å². The van der Waals surface area contributed by atoms with E-state index in [0.29, 0.717) is 18.8 Å². The molecular formula is C21H26N4O2S. The number of rotatable bonds is 8. The molecule has 0 bridgehead atoms. The van der Waals surface area contributed by atoms with Crippen molar-refractivity contribution < 1.29 is 9.53 Å². The fraction of sp³-hybridized carbons (Fsp3) is 0.381. The van der Waals surface area contributed by atoms with Crippen molar-refractivity contribution in [2.24, 2.45) is 5.92 Å². The molecule has 0 fully saturated rings. The van der Waals surface area contributed by atoms with Gasteiger partial charge in [-0.1, -0.05) is 6.92 Å². The number of carbonyl (C=O) groups excluding carboxylic acids is 1. The minimum atomic E-state index is -0.145. The molecule has 0 aliphatic carbocycles. The summed E-state index contributed by atoms with van der Waals surface area (Å²) < 4.78 is 7.44. The largest absolute Gasteiger partial charge is 0.494 e. The first kappa shape index (κ1) is 20.1. The summed E-state index contributed by atoms with van der Waals surface area (Å²) in [6, 6.07) is 9.81. The predicted octanol–water partition coefficient (Wildman–Crippen LogP) is 4.09. The van der Waals surface area contributed by atoms with E-state index in [-0.39, 0.29) is 11.8 Å². The maximum Gasteiger partial charge on any atom is 0.270 e. The van der Waals surface area contributed by atoms with E-state index in [2.05, 4.69) is 28.4 Å². The Labute approximate surface area is 169 Å². The lowest BCUT2D eigenvalue weighted by atomic mass is 10.2. The summed E-state index contributed by atoms with van der Waals surface area (Å²) in [6.45, 7) is 10.1. The van der Waals surface area contributed by atoms with Crippen molar-refractivity contribution in [3.63, 3.8) is 0 Å². The third kappa shape index (κ3) is 4.98. The van der Waals surface area contributed by atoms with Crippen LogP contribution in [0.1, 0.15) is 35.7 Å². The van der Waals surface area contributed by atoms with Gasteiger partial charge in [0, 0.05) is 29.7 Å². The van der Waals surface area contributed by atoms with E-state index in [4.69, 9.17) is 4.74 Å². The second kappa shape index (κ2) is 9.01. The summed E-state index contributed by atoms with van der Waals surface area (Å²) >= 11 is 1.46. The number of carbonyl (C=O) groups is 1. The maximum absolute atomic E-state index is 12.4. The highest BCUT2D eigenvalue weighted by Gasteiger charge is 2.14. The van der Waals surface area contributed by atoms with Gasteiger partial charge < -0.3 is 10.1 Å². The Morgan fingerprint density at radius 2 is 2.04 bits per heavy atom. The molecule has 0 radical (unpaired) electrons. The van der Waals surface area contributed by atoms with Gasteiger partial charge in [0.2, 0.25) is 0 Å². The molecule has 6 nitrogen and oxygen atoms in total. The fourth-order valence-corrected chi connectivity index (χ4v) is 3.75. The van der Waals surface area contributed by atoms with E-state index in [1.165, 1.54) is 11.3 Å². The third-order valence-electron chi connectivity index (χ3n) is 4.35. The van der Waals surface area contributed by atoms with E-state index in [1.54, 1.807) is 5.38 Å². The van der Waals surface area contributed by atoms with Gasteiger partial charge in [-0.25, -0.2) is 4.98 Å². The molecule has 1 atom stereocenters. The monoisotopic (exact) mass is 398 g/mol. The van der Waals surface area contributed by atoms with Crippen LogP contribution >= 0.6 is 11.3 Å². The van der Waals surface area contributed by atoms with Crippen molar-refractivity contribution in [3.05, 3.63) is 52.8 Å². The molecule has 0 unspecified atom stereocenters. The molecule has 0 aliphatic heterocycles. The maximum atomic E-state index is 12.4. The Morgan fingerprint density at radius 3 is 2.68 bits per heavy atom. The molecule has 0 saturated carbocycles. The molecule has 1 N–H and O–H groups in total. The molecule has 3 rings (SSSR count). The molecule has 7 heteroatoms. The summed E-state index contributed by atoms with van der Waals surface area (Å²) in [5.74, 6) is 0.956. The zero-order chi connectivity index (χ0) is 20.1. The van der Waals surface area contributed by atoms with Gasteiger partial charge in [0.15, 0.2) is 0 Å². The van der Waals surface area contributed by atoms with Crippen molar-refractivity contribution in [2.45, 2.75) is 34.2 Å². The molecule has 3 aromatic rings. The van der Waals surface area contributed by atoms with Crippen molar-refractivity contribution >= 4 is 17.2 Å². The summed E-state index contributed by atoms with van der Waals surface area (Å²) in [6.07, 6.45) is 0. The first-order valence-corrected chi connectivity index (χ1v) is 10.3. The summed E-state index contributed by atoms with van der Waals surface area (Å²) in [5.41, 5.74) is 3.57. The van der Waals surface area contributed by atoms with Crippen LogP contribution in [0.2, 0.25) is 0 Å². The van der Waals surface area contributed by atoms with Crippen LogP contribution in [-0.4, -0.2) is 33.8 Å². The van der Waals surface area contributed by atoms with Crippen molar-refractivity contribution in [1.29, 1.82) is 0 Å². The van der Waals surface area contributed by atoms with Crippen LogP contribution in [-0.2, 0) is 6.54 Å². The minimum Gasteiger partial charge on any atom is -0.494 e. The Hall–Kier alpha value is -2.67. The summed E-state index contributed by atoms with van der Waals surface area (Å²) in [4.78, 5) is 16.9. The van der Waals surface area contributed by atoms with Crippen LogP contribution < -0.4 is 10.1 Å². The molecular weight excluding hydrogens is 372 g/mol. The third-order valence-corrected chi connectivity index (χ3v) is 5.24. The lowest BCUT2D eigenvalue weighted by molar-refractivity contribution is 0.0942. The number of hydrogen-bond acceptors (Lipinski definition) is 5. The fourth-order valence-electron chi connectivity index (χ4n) is 2.95. The van der Waals surface area contributed by atoms with E-state index < -0.39 is 0 Å². The number of benzene rings is 1. The molecule has 148 valence electrons. The SMILES string of the molecule is CCOc1ccc(-c2nc(C(=O)NC[C@@H](C)Cn3nc(C)cc3C)cs2)cc1. The molecule has 0 spiro atoms. The number of nitrogens with one attached hydrogen (secondary N) is 1. The standard InChI is InChI=1S/C21H26N4O2S/c1-5-27-18-8-6-17(7-9-18)21-23-19(13-28-21)20(26)22-11-14(2)12-25-16(4)10-15(3)24-25/h6-10,13-14H,5,11-12H2,1-4H3,(H,22,26)/t14-/m1/s1. The normalized spacial score (nSPS) is 12.0. The molecule has 1 amide bonds. The van der Waals surface area contributed by atoms with E-state index in [9.17, 15) is 4.79 Å². The topological polar surface area (TPSA) is 69.0 Å². The zero-order valence-corrected chi connectivity index (χ0v) is 17.5. The average Bonchev–Trinajstić information content (AvgIpc) is 3.27. The Kier molecular flexibility index (Phi) is 6.46. The molecule has 1 aromatic carbocycles. The quantitative estimate of drug-likeness (QED) is 0.621. The summed E-state index contributed by atoms with van der Waals surface area (Å²) in [7, 11) is 0. The number of nitrogens with zero attached hydrogens (tertiary/aromatic N) is 3. The van der Waals surface area contributed by atoms with Crippen LogP contribution in [0.25, 0.3) is 10.6 Å². The number of ether oxygens (including phenoxy) is 1. The van der Waals surface area contributed by atoms with Gasteiger partial charge in [-0.05, 0) is 57.0 Å². The van der Waals surface area contributed by atoms with Crippen molar-refractivity contribution in [3.8, 4) is 16.3 Å². The first-order valence-electron chi connectivity index (χ1n) is 9.44. The van der Waals surface area contributed by atoms with E-state index in [0.717, 1.165) is 34.3 Å². The highest BCUT2D eigenvalue weighted by Crippen LogP contribution is 2.25. The van der Waals surface area contributed by atoms with E-state index >= 15 is 0 Å². The smallest absolute Gasteiger partial charge is 0.270 e. The lowest BCUT2D eigenvalue weighted by Gasteiger charge is -2.13. The zero-order valence-electron chi connectivity index (χ0n) is 16.7. The van der Waals surface area contributed by atoms with Crippen LogP contribution in [0.4, 0.5) is 0 Å². The summed E-state index contributed by atoms with van der Waals surface area (Å²) in [5, 5.41) is 10.1. The van der Waals surface area contributed by atoms with Gasteiger partial charge in [-0.3, -0.25) is 9.48 Å². The van der Waals surface area contributed by atoms with Crippen molar-refractivity contribution in [1.82, 2.24) is 20.1 Å². The van der Waals surface area contributed by atoms with Crippen LogP contribution in [0.5, 0.6) is 5.75 Å². The number of hydrogen-bond donors (Lipinski definition) is 1. The van der Waals surface area contributed by atoms with Gasteiger partial charge in [0.25, 0.3) is 5.91 Å². The highest BCUT2D eigenvalue weighted by molar-refractivity contribution is 7.13. The first-order chi connectivity index (χ1) is 13.5. The van der Waals surface area contributed by atoms with Crippen molar-refractivity contribution in [2.75, 3.05) is 13.2 Å². The Bertz CT molecular complexity index is 930. The van der Waals surface area contributed by atoms with Gasteiger partial charge in [-0.2, -0.15) is 5.10 Å². The lowest BCUT2D eigenvalue weighted by Crippen LogP contribution is -2.30. The minimum absolute atomic E-state index is 0.145. The number of thiazole rings is 1. The second-order valence-electron chi connectivity index (χ2n) is 6.92. The second-order valence-corrected chi connectivity index (χ2v) is 7.78. The van der Waals surface area contributed by atoms with Crippen LogP contribution in [0.3, 0.4) is 0 Å². The van der Waals surface area contributed by atoms with Gasteiger partial charge in [-0.15, -0.1) is 11.3 Å². The highest BCUT2D eigenvalue weighted by atomic mass is 32.1. The molecule has 2 aromatic heterocycles. The van der Waals surface area contributed by atoms with Gasteiger partial charge >= 0.3 is 0 Å². The van der Waals surface area contributed by atoms with Crippen LogP contribution in [0, 0.1) is 19.8 Å². The molecule has 0 saturated heterocycles. The molecule has 2 heterocycles. The number of amides is 1. The van der Waals surface area contributed by atoms with E-state index in [1.807, 2.05) is 49.7 Å². The molecule has 0 aliphatic rings. The predicted molar refractivity (Wildman–Crippen MR) is 112 cm³/mol. The Morgan fingerprint density at radius 1 is 1.29 bits per heavy atom. The Balaban J connectivity index is 1.55. The molecule has 28 heavy (non-hydrogen) atoms.